The van der Waals surface area contributed by atoms with Gasteiger partial charge in [-0.25, -0.2) is 0 Å². The molecule has 4 nitrogen and oxygen atoms in total. The molecule has 1 unspecified atom stereocenters. The Bertz CT molecular complexity index is 213. The number of carbonyl (C=O) groups is 1. The minimum atomic E-state index is 0.0571. The van der Waals surface area contributed by atoms with Gasteiger partial charge in [-0.15, -0.1) is 0 Å². The third-order valence-electron chi connectivity index (χ3n) is 2.26. The van der Waals surface area contributed by atoms with Crippen LogP contribution >= 0.6 is 0 Å². The van der Waals surface area contributed by atoms with E-state index in [2.05, 4.69) is 5.16 Å². The van der Waals surface area contributed by atoms with Gasteiger partial charge in [-0.3, -0.25) is 9.69 Å². The van der Waals surface area contributed by atoms with E-state index in [4.69, 9.17) is 5.21 Å². The van der Waals surface area contributed by atoms with E-state index in [0.29, 0.717) is 5.71 Å². The standard InChI is InChI=1S/C8H14N2O2/c1-6(9-12)5-8(11)7-3-4-10(7)2/h7,12H,3-5H2,1-2H3/b9-6-. The maximum atomic E-state index is 11.4. The molecule has 12 heavy (non-hydrogen) atoms. The molecule has 1 aliphatic rings. The van der Waals surface area contributed by atoms with Crippen molar-refractivity contribution in [3.05, 3.63) is 0 Å². The van der Waals surface area contributed by atoms with Gasteiger partial charge in [-0.2, -0.15) is 0 Å². The molecule has 1 N–H and O–H groups in total. The molecular formula is C8H14N2O2. The van der Waals surface area contributed by atoms with E-state index in [0.717, 1.165) is 13.0 Å². The predicted molar refractivity (Wildman–Crippen MR) is 45.6 cm³/mol. The molecular weight excluding hydrogens is 156 g/mol. The van der Waals surface area contributed by atoms with Gasteiger partial charge in [-0.1, -0.05) is 5.16 Å². The first kappa shape index (κ1) is 9.19. The Hall–Kier alpha value is -0.900. The van der Waals surface area contributed by atoms with Crippen LogP contribution in [0.15, 0.2) is 5.16 Å². The molecule has 68 valence electrons. The second kappa shape index (κ2) is 3.67. The summed E-state index contributed by atoms with van der Waals surface area (Å²) in [6.07, 6.45) is 1.21. The Balaban J connectivity index is 2.38. The van der Waals surface area contributed by atoms with Crippen molar-refractivity contribution < 1.29 is 10.0 Å². The fourth-order valence-corrected chi connectivity index (χ4v) is 1.33. The Morgan fingerprint density at radius 2 is 2.42 bits per heavy atom. The van der Waals surface area contributed by atoms with E-state index in [1.54, 1.807) is 6.92 Å². The Morgan fingerprint density at radius 3 is 2.75 bits per heavy atom. The normalized spacial score (nSPS) is 25.2. The number of likely N-dealkylation sites (tertiary alicyclic amines) is 1. The maximum Gasteiger partial charge on any atom is 0.155 e. The van der Waals surface area contributed by atoms with Crippen molar-refractivity contribution >= 4 is 11.5 Å². The lowest BCUT2D eigenvalue weighted by molar-refractivity contribution is -0.126. The number of ketones is 1. The van der Waals surface area contributed by atoms with Gasteiger partial charge in [0.05, 0.1) is 11.8 Å². The van der Waals surface area contributed by atoms with Crippen molar-refractivity contribution in [3.63, 3.8) is 0 Å². The summed E-state index contributed by atoms with van der Waals surface area (Å²) in [6, 6.07) is 0.0571. The van der Waals surface area contributed by atoms with Crippen molar-refractivity contribution in [3.8, 4) is 0 Å². The minimum Gasteiger partial charge on any atom is -0.411 e. The summed E-state index contributed by atoms with van der Waals surface area (Å²) in [6.45, 7) is 2.64. The first-order valence-electron chi connectivity index (χ1n) is 4.05. The Labute approximate surface area is 71.9 Å². The average Bonchev–Trinajstić information content (AvgIpc) is 2.01. The summed E-state index contributed by atoms with van der Waals surface area (Å²) in [5.41, 5.74) is 0.486. The third-order valence-corrected chi connectivity index (χ3v) is 2.26. The van der Waals surface area contributed by atoms with E-state index in [9.17, 15) is 4.79 Å². The Morgan fingerprint density at radius 1 is 1.75 bits per heavy atom. The summed E-state index contributed by atoms with van der Waals surface area (Å²) >= 11 is 0. The first-order chi connectivity index (χ1) is 5.65. The van der Waals surface area contributed by atoms with Gasteiger partial charge in [0, 0.05) is 13.0 Å². The number of rotatable bonds is 3. The molecule has 4 heteroatoms. The van der Waals surface area contributed by atoms with Crippen molar-refractivity contribution in [1.82, 2.24) is 4.90 Å². The molecule has 1 rings (SSSR count). The van der Waals surface area contributed by atoms with Crippen molar-refractivity contribution in [2.45, 2.75) is 25.8 Å². The summed E-state index contributed by atoms with van der Waals surface area (Å²) in [5, 5.41) is 11.3. The van der Waals surface area contributed by atoms with E-state index in [1.165, 1.54) is 0 Å². The minimum absolute atomic E-state index is 0.0571. The molecule has 0 spiro atoms. The number of carbonyl (C=O) groups excluding carboxylic acids is 1. The van der Waals surface area contributed by atoms with Gasteiger partial charge in [0.15, 0.2) is 5.78 Å². The van der Waals surface area contributed by atoms with Crippen LogP contribution in [0, 0.1) is 0 Å². The quantitative estimate of drug-likeness (QED) is 0.381. The predicted octanol–water partition coefficient (Wildman–Crippen LogP) is 0.500. The lowest BCUT2D eigenvalue weighted by atomic mass is 9.96. The van der Waals surface area contributed by atoms with Crippen LogP contribution in [0.5, 0.6) is 0 Å². The molecule has 1 aliphatic heterocycles. The van der Waals surface area contributed by atoms with Crippen LogP contribution in [0.3, 0.4) is 0 Å². The molecule has 1 atom stereocenters. The second-order valence-corrected chi connectivity index (χ2v) is 3.26. The fourth-order valence-electron chi connectivity index (χ4n) is 1.33. The Kier molecular flexibility index (Phi) is 2.81. The van der Waals surface area contributed by atoms with Crippen LogP contribution < -0.4 is 0 Å². The van der Waals surface area contributed by atoms with Crippen molar-refractivity contribution in [2.75, 3.05) is 13.6 Å². The largest absolute Gasteiger partial charge is 0.411 e. The number of hydrogen-bond acceptors (Lipinski definition) is 4. The van der Waals surface area contributed by atoms with Crippen LogP contribution in [0.2, 0.25) is 0 Å². The zero-order valence-corrected chi connectivity index (χ0v) is 7.45. The summed E-state index contributed by atoms with van der Waals surface area (Å²) in [5.74, 6) is 0.152. The van der Waals surface area contributed by atoms with Crippen LogP contribution in [-0.2, 0) is 4.79 Å². The smallest absolute Gasteiger partial charge is 0.155 e. The van der Waals surface area contributed by atoms with E-state index < -0.39 is 0 Å². The van der Waals surface area contributed by atoms with Crippen LogP contribution in [0.1, 0.15) is 19.8 Å². The molecule has 0 aromatic carbocycles. The van der Waals surface area contributed by atoms with Crippen molar-refractivity contribution in [2.24, 2.45) is 5.16 Å². The summed E-state index contributed by atoms with van der Waals surface area (Å²) in [7, 11) is 1.93. The SMILES string of the molecule is C/C(CC(=O)C1CCN1C)=N/O. The zero-order valence-electron chi connectivity index (χ0n) is 7.45. The molecule has 0 aromatic rings. The molecule has 0 amide bonds. The second-order valence-electron chi connectivity index (χ2n) is 3.26. The lowest BCUT2D eigenvalue weighted by Crippen LogP contribution is -2.50. The molecule has 0 bridgehead atoms. The number of likely N-dealkylation sites (N-methyl/N-ethyl adjacent to an activating group) is 1. The topological polar surface area (TPSA) is 52.9 Å². The van der Waals surface area contributed by atoms with Crippen LogP contribution in [-0.4, -0.2) is 41.2 Å². The van der Waals surface area contributed by atoms with Gasteiger partial charge in [-0.05, 0) is 20.4 Å². The molecule has 1 fully saturated rings. The lowest BCUT2D eigenvalue weighted by Gasteiger charge is -2.36. The number of hydrogen-bond donors (Lipinski definition) is 1. The summed E-state index contributed by atoms with van der Waals surface area (Å²) < 4.78 is 0. The van der Waals surface area contributed by atoms with E-state index >= 15 is 0 Å². The number of Topliss-reactive ketones (excluding diaryl/α,β-unsaturated/α-hetero) is 1. The maximum absolute atomic E-state index is 11.4. The highest BCUT2D eigenvalue weighted by molar-refractivity contribution is 6.03. The van der Waals surface area contributed by atoms with Crippen LogP contribution in [0.4, 0.5) is 0 Å². The van der Waals surface area contributed by atoms with Gasteiger partial charge >= 0.3 is 0 Å². The summed E-state index contributed by atoms with van der Waals surface area (Å²) in [4.78, 5) is 13.4. The van der Waals surface area contributed by atoms with E-state index in [1.807, 2.05) is 11.9 Å². The highest BCUT2D eigenvalue weighted by Gasteiger charge is 2.30. The highest BCUT2D eigenvalue weighted by Crippen LogP contribution is 2.16. The molecule has 0 aromatic heterocycles. The average molecular weight is 170 g/mol. The third kappa shape index (κ3) is 1.82. The molecule has 1 saturated heterocycles. The monoisotopic (exact) mass is 170 g/mol. The molecule has 0 radical (unpaired) electrons. The van der Waals surface area contributed by atoms with Gasteiger partial charge in [0.1, 0.15) is 0 Å². The molecule has 0 aliphatic carbocycles. The van der Waals surface area contributed by atoms with Crippen LogP contribution in [0.25, 0.3) is 0 Å². The number of oxime groups is 1. The molecule has 1 heterocycles. The fraction of sp³-hybridized carbons (Fsp3) is 0.750. The molecule has 0 saturated carbocycles. The van der Waals surface area contributed by atoms with Gasteiger partial charge < -0.3 is 5.21 Å². The van der Waals surface area contributed by atoms with Gasteiger partial charge in [0.2, 0.25) is 0 Å². The van der Waals surface area contributed by atoms with E-state index in [-0.39, 0.29) is 18.2 Å². The highest BCUT2D eigenvalue weighted by atomic mass is 16.4. The zero-order chi connectivity index (χ0) is 9.14. The van der Waals surface area contributed by atoms with Crippen molar-refractivity contribution in [1.29, 1.82) is 0 Å². The van der Waals surface area contributed by atoms with Gasteiger partial charge in [0.25, 0.3) is 0 Å². The first-order valence-corrected chi connectivity index (χ1v) is 4.05. The number of nitrogens with zero attached hydrogens (tertiary/aromatic N) is 2.